The molecule has 0 aromatic heterocycles. The highest BCUT2D eigenvalue weighted by molar-refractivity contribution is 5.79. The molecular weight excluding hydrogens is 294 g/mol. The van der Waals surface area contributed by atoms with E-state index in [0.29, 0.717) is 30.0 Å². The number of amides is 1. The van der Waals surface area contributed by atoms with Crippen molar-refractivity contribution < 1.29 is 19.4 Å². The number of hydrogen-bond donors (Lipinski definition) is 2. The van der Waals surface area contributed by atoms with Gasteiger partial charge in [-0.3, -0.25) is 4.79 Å². The number of phenolic OH excluding ortho intramolecular Hbond substituents is 1. The second kappa shape index (κ2) is 8.08. The molecule has 0 saturated carbocycles. The van der Waals surface area contributed by atoms with Crippen LogP contribution in [-0.2, 0) is 17.6 Å². The van der Waals surface area contributed by atoms with E-state index in [9.17, 15) is 9.90 Å². The summed E-state index contributed by atoms with van der Waals surface area (Å²) in [5.41, 5.74) is 1.67. The van der Waals surface area contributed by atoms with Crippen LogP contribution in [0.2, 0.25) is 0 Å². The van der Waals surface area contributed by atoms with Crippen LogP contribution in [0.3, 0.4) is 0 Å². The fourth-order valence-electron chi connectivity index (χ4n) is 2.28. The summed E-state index contributed by atoms with van der Waals surface area (Å²) in [6.07, 6.45) is 0.853. The summed E-state index contributed by atoms with van der Waals surface area (Å²) in [4.78, 5) is 11.9. The highest BCUT2D eigenvalue weighted by Gasteiger charge is 2.08. The van der Waals surface area contributed by atoms with Crippen LogP contribution in [-0.4, -0.2) is 31.8 Å². The molecule has 2 N–H and O–H groups in total. The molecule has 0 spiro atoms. The van der Waals surface area contributed by atoms with E-state index >= 15 is 0 Å². The van der Waals surface area contributed by atoms with Crippen molar-refractivity contribution in [1.82, 2.24) is 5.32 Å². The summed E-state index contributed by atoms with van der Waals surface area (Å²) in [6, 6.07) is 12.5. The van der Waals surface area contributed by atoms with Crippen molar-refractivity contribution in [2.24, 2.45) is 0 Å². The molecule has 0 aliphatic heterocycles. The van der Waals surface area contributed by atoms with Gasteiger partial charge in [0.2, 0.25) is 5.91 Å². The van der Waals surface area contributed by atoms with E-state index in [1.54, 1.807) is 38.5 Å². The van der Waals surface area contributed by atoms with Crippen LogP contribution in [0.4, 0.5) is 0 Å². The lowest BCUT2D eigenvalue weighted by atomic mass is 10.1. The predicted octanol–water partition coefficient (Wildman–Crippen LogP) is 2.31. The van der Waals surface area contributed by atoms with Gasteiger partial charge in [-0.05, 0) is 30.2 Å². The number of para-hydroxylation sites is 1. The fourth-order valence-corrected chi connectivity index (χ4v) is 2.28. The molecule has 2 aromatic rings. The smallest absolute Gasteiger partial charge is 0.224 e. The van der Waals surface area contributed by atoms with Crippen molar-refractivity contribution in [2.75, 3.05) is 20.8 Å². The van der Waals surface area contributed by atoms with Crippen molar-refractivity contribution in [3.8, 4) is 17.2 Å². The van der Waals surface area contributed by atoms with Gasteiger partial charge in [-0.1, -0.05) is 24.3 Å². The minimum Gasteiger partial charge on any atom is -0.508 e. The zero-order valence-electron chi connectivity index (χ0n) is 13.3. The maximum atomic E-state index is 11.9. The third-order valence-electron chi connectivity index (χ3n) is 3.53. The summed E-state index contributed by atoms with van der Waals surface area (Å²) in [7, 11) is 3.19. The Bertz CT molecular complexity index is 670. The number of phenols is 1. The molecule has 122 valence electrons. The molecule has 0 aliphatic carbocycles. The van der Waals surface area contributed by atoms with Gasteiger partial charge in [-0.2, -0.15) is 0 Å². The number of nitrogens with one attached hydrogen (secondary N) is 1. The Kier molecular flexibility index (Phi) is 5.86. The molecule has 2 rings (SSSR count). The van der Waals surface area contributed by atoms with Crippen LogP contribution in [0.25, 0.3) is 0 Å². The number of methoxy groups -OCH3 is 2. The summed E-state index contributed by atoms with van der Waals surface area (Å²) < 4.78 is 10.4. The summed E-state index contributed by atoms with van der Waals surface area (Å²) in [5.74, 6) is 1.37. The number of aromatic hydroxyl groups is 1. The molecule has 5 nitrogen and oxygen atoms in total. The van der Waals surface area contributed by atoms with E-state index in [1.807, 2.05) is 18.2 Å². The van der Waals surface area contributed by atoms with E-state index < -0.39 is 0 Å². The first-order valence-electron chi connectivity index (χ1n) is 7.38. The van der Waals surface area contributed by atoms with Gasteiger partial charge in [0.1, 0.15) is 5.75 Å². The van der Waals surface area contributed by atoms with Crippen molar-refractivity contribution in [3.05, 3.63) is 53.6 Å². The normalized spacial score (nSPS) is 10.2. The molecular formula is C18H21NO4. The summed E-state index contributed by atoms with van der Waals surface area (Å²) in [5, 5.41) is 12.5. The molecule has 0 atom stereocenters. The first-order valence-corrected chi connectivity index (χ1v) is 7.38. The first-order chi connectivity index (χ1) is 11.1. The Hall–Kier alpha value is -2.69. The van der Waals surface area contributed by atoms with Gasteiger partial charge in [-0.25, -0.2) is 0 Å². The Morgan fingerprint density at radius 1 is 1.09 bits per heavy atom. The second-order valence-corrected chi connectivity index (χ2v) is 5.09. The van der Waals surface area contributed by atoms with Gasteiger partial charge in [0.25, 0.3) is 0 Å². The van der Waals surface area contributed by atoms with Crippen LogP contribution < -0.4 is 14.8 Å². The molecule has 0 saturated heterocycles. The van der Waals surface area contributed by atoms with Gasteiger partial charge >= 0.3 is 0 Å². The Labute approximate surface area is 135 Å². The van der Waals surface area contributed by atoms with Gasteiger partial charge in [-0.15, -0.1) is 0 Å². The second-order valence-electron chi connectivity index (χ2n) is 5.09. The molecule has 0 bridgehead atoms. The topological polar surface area (TPSA) is 67.8 Å². The SMILES string of the molecule is COc1ccc(CCNC(=O)Cc2ccccc2O)cc1OC. The number of benzene rings is 2. The quantitative estimate of drug-likeness (QED) is 0.823. The zero-order valence-corrected chi connectivity index (χ0v) is 13.3. The molecule has 23 heavy (non-hydrogen) atoms. The highest BCUT2D eigenvalue weighted by Crippen LogP contribution is 2.27. The lowest BCUT2D eigenvalue weighted by Crippen LogP contribution is -2.27. The number of carbonyl (C=O) groups excluding carboxylic acids is 1. The zero-order chi connectivity index (χ0) is 16.7. The van der Waals surface area contributed by atoms with E-state index in [-0.39, 0.29) is 18.1 Å². The van der Waals surface area contributed by atoms with Crippen molar-refractivity contribution in [2.45, 2.75) is 12.8 Å². The highest BCUT2D eigenvalue weighted by atomic mass is 16.5. The lowest BCUT2D eigenvalue weighted by molar-refractivity contribution is -0.120. The average Bonchev–Trinajstić information content (AvgIpc) is 2.56. The number of rotatable bonds is 7. The van der Waals surface area contributed by atoms with Crippen LogP contribution in [0.1, 0.15) is 11.1 Å². The maximum absolute atomic E-state index is 11.9. The van der Waals surface area contributed by atoms with Gasteiger partial charge in [0.05, 0.1) is 20.6 Å². The molecule has 0 heterocycles. The van der Waals surface area contributed by atoms with Gasteiger partial charge in [0.15, 0.2) is 11.5 Å². The van der Waals surface area contributed by atoms with Crippen LogP contribution in [0.5, 0.6) is 17.2 Å². The monoisotopic (exact) mass is 315 g/mol. The molecule has 2 aromatic carbocycles. The fraction of sp³-hybridized carbons (Fsp3) is 0.278. The standard InChI is InChI=1S/C18H21NO4/c1-22-16-8-7-13(11-17(16)23-2)9-10-19-18(21)12-14-5-3-4-6-15(14)20/h3-8,11,20H,9-10,12H2,1-2H3,(H,19,21). The van der Waals surface area contributed by atoms with E-state index in [1.165, 1.54) is 0 Å². The molecule has 1 amide bonds. The van der Waals surface area contributed by atoms with Gasteiger partial charge in [0, 0.05) is 12.1 Å². The minimum absolute atomic E-state index is 0.119. The van der Waals surface area contributed by atoms with E-state index in [2.05, 4.69) is 5.32 Å². The van der Waals surface area contributed by atoms with E-state index in [4.69, 9.17) is 9.47 Å². The Morgan fingerprint density at radius 2 is 1.83 bits per heavy atom. The van der Waals surface area contributed by atoms with E-state index in [0.717, 1.165) is 5.56 Å². The van der Waals surface area contributed by atoms with Crippen LogP contribution in [0, 0.1) is 0 Å². The maximum Gasteiger partial charge on any atom is 0.224 e. The number of hydrogen-bond acceptors (Lipinski definition) is 4. The molecule has 0 radical (unpaired) electrons. The Balaban J connectivity index is 1.85. The third-order valence-corrected chi connectivity index (χ3v) is 3.53. The molecule has 0 aliphatic rings. The number of ether oxygens (including phenoxy) is 2. The third kappa shape index (κ3) is 4.64. The van der Waals surface area contributed by atoms with Crippen molar-refractivity contribution in [1.29, 1.82) is 0 Å². The largest absolute Gasteiger partial charge is 0.508 e. The van der Waals surface area contributed by atoms with Crippen LogP contribution >= 0.6 is 0 Å². The first kappa shape index (κ1) is 16.7. The Morgan fingerprint density at radius 3 is 2.52 bits per heavy atom. The lowest BCUT2D eigenvalue weighted by Gasteiger charge is -2.10. The average molecular weight is 315 g/mol. The van der Waals surface area contributed by atoms with Crippen LogP contribution in [0.15, 0.2) is 42.5 Å². The predicted molar refractivity (Wildman–Crippen MR) is 88.1 cm³/mol. The molecule has 5 heteroatoms. The van der Waals surface area contributed by atoms with Gasteiger partial charge < -0.3 is 19.9 Å². The minimum atomic E-state index is -0.119. The van der Waals surface area contributed by atoms with Crippen molar-refractivity contribution >= 4 is 5.91 Å². The van der Waals surface area contributed by atoms with Crippen molar-refractivity contribution in [3.63, 3.8) is 0 Å². The summed E-state index contributed by atoms with van der Waals surface area (Å²) >= 11 is 0. The molecule has 0 unspecified atom stereocenters. The molecule has 0 fully saturated rings. The number of carbonyl (C=O) groups is 1. The summed E-state index contributed by atoms with van der Waals surface area (Å²) in [6.45, 7) is 0.516.